The van der Waals surface area contributed by atoms with Gasteiger partial charge in [-0.05, 0) is 42.4 Å². The normalized spacial score (nSPS) is 20.3. The van der Waals surface area contributed by atoms with Crippen LogP contribution in [0.5, 0.6) is 11.5 Å². The maximum Gasteiger partial charge on any atom is 0.227 e. The van der Waals surface area contributed by atoms with Crippen LogP contribution in [-0.2, 0) is 20.9 Å². The first kappa shape index (κ1) is 27.3. The predicted octanol–water partition coefficient (Wildman–Crippen LogP) is 3.13. The number of carbonyl (C=O) groups excluding carboxylic acids is 2. The second-order valence-corrected chi connectivity index (χ2v) is 11.0. The molecule has 8 nitrogen and oxygen atoms in total. The number of carbonyl (C=O) groups is 2. The van der Waals surface area contributed by atoms with E-state index in [1.807, 2.05) is 23.1 Å². The number of ether oxygens (including phenoxy) is 3. The molecule has 35 heavy (non-hydrogen) atoms. The molecule has 1 saturated carbocycles. The van der Waals surface area contributed by atoms with Gasteiger partial charge < -0.3 is 29.7 Å². The van der Waals surface area contributed by atoms with Crippen LogP contribution in [0.1, 0.15) is 58.4 Å². The van der Waals surface area contributed by atoms with Crippen LogP contribution in [0.4, 0.5) is 0 Å². The Morgan fingerprint density at radius 1 is 1.09 bits per heavy atom. The van der Waals surface area contributed by atoms with Gasteiger partial charge in [0.25, 0.3) is 0 Å². The fourth-order valence-corrected chi connectivity index (χ4v) is 4.52. The van der Waals surface area contributed by atoms with E-state index in [0.29, 0.717) is 51.4 Å². The summed E-state index contributed by atoms with van der Waals surface area (Å²) in [4.78, 5) is 28.1. The molecule has 0 unspecified atom stereocenters. The monoisotopic (exact) mass is 489 g/mol. The van der Waals surface area contributed by atoms with E-state index in [1.165, 1.54) is 0 Å². The second-order valence-electron chi connectivity index (χ2n) is 11.0. The first-order valence-electron chi connectivity index (χ1n) is 12.8. The quantitative estimate of drug-likeness (QED) is 0.439. The Morgan fingerprint density at radius 3 is 2.49 bits per heavy atom. The molecule has 1 aliphatic carbocycles. The number of nitrogens with zero attached hydrogens (tertiary/aromatic N) is 1. The lowest BCUT2D eigenvalue weighted by molar-refractivity contribution is -0.138. The first-order chi connectivity index (χ1) is 16.7. The zero-order valence-electron chi connectivity index (χ0n) is 22.0. The number of rotatable bonds is 12. The zero-order chi connectivity index (χ0) is 25.4. The van der Waals surface area contributed by atoms with Crippen LogP contribution >= 0.6 is 0 Å². The molecule has 196 valence electrons. The van der Waals surface area contributed by atoms with Gasteiger partial charge in [0.2, 0.25) is 11.8 Å². The molecule has 0 aromatic heterocycles. The van der Waals surface area contributed by atoms with E-state index in [9.17, 15) is 9.59 Å². The first-order valence-corrected chi connectivity index (χ1v) is 12.8. The van der Waals surface area contributed by atoms with E-state index in [0.717, 1.165) is 30.6 Å². The Hall–Kier alpha value is -2.32. The summed E-state index contributed by atoms with van der Waals surface area (Å²) in [5.41, 5.74) is 0.929. The van der Waals surface area contributed by atoms with Gasteiger partial charge in [-0.1, -0.05) is 20.8 Å². The molecule has 1 heterocycles. The predicted molar refractivity (Wildman–Crippen MR) is 136 cm³/mol. The molecular formula is C27H43N3O5. The molecule has 2 N–H and O–H groups in total. The van der Waals surface area contributed by atoms with Crippen molar-refractivity contribution in [3.05, 3.63) is 23.8 Å². The molecule has 1 aromatic carbocycles. The molecule has 0 radical (unpaired) electrons. The zero-order valence-corrected chi connectivity index (χ0v) is 22.0. The van der Waals surface area contributed by atoms with Gasteiger partial charge in [0.1, 0.15) is 11.5 Å². The summed E-state index contributed by atoms with van der Waals surface area (Å²) < 4.78 is 16.5. The number of hydrogen-bond acceptors (Lipinski definition) is 6. The van der Waals surface area contributed by atoms with Crippen LogP contribution in [0.3, 0.4) is 0 Å². The van der Waals surface area contributed by atoms with E-state index in [2.05, 4.69) is 31.4 Å². The number of nitrogens with one attached hydrogen (secondary N) is 2. The highest BCUT2D eigenvalue weighted by atomic mass is 16.5. The lowest BCUT2D eigenvalue weighted by Gasteiger charge is -2.34. The average molecular weight is 490 g/mol. The topological polar surface area (TPSA) is 89.1 Å². The van der Waals surface area contributed by atoms with Crippen molar-refractivity contribution in [3.63, 3.8) is 0 Å². The summed E-state index contributed by atoms with van der Waals surface area (Å²) in [7, 11) is 3.32. The van der Waals surface area contributed by atoms with Crippen LogP contribution in [0, 0.1) is 11.3 Å². The summed E-state index contributed by atoms with van der Waals surface area (Å²) >= 11 is 0. The van der Waals surface area contributed by atoms with E-state index in [1.54, 1.807) is 14.2 Å². The lowest BCUT2D eigenvalue weighted by atomic mass is 9.90. The van der Waals surface area contributed by atoms with Crippen molar-refractivity contribution in [2.75, 3.05) is 40.5 Å². The standard InChI is InChI=1S/C27H43N3O5/c1-27(2,3)15-25(31)29-21-13-20(16-28-17-21)26(32)30(22-7-8-22)18-19-11-23(34-5)14-24(12-19)35-10-6-9-33-4/h11-12,14,20-22,28H,6-10,13,15-18H2,1-5H3,(H,29,31)/t20-,21-/m0/s1. The Labute approximate surface area is 210 Å². The number of hydrogen-bond donors (Lipinski definition) is 2. The average Bonchev–Trinajstić information content (AvgIpc) is 3.64. The molecular weight excluding hydrogens is 446 g/mol. The van der Waals surface area contributed by atoms with Gasteiger partial charge in [-0.3, -0.25) is 9.59 Å². The van der Waals surface area contributed by atoms with E-state index in [4.69, 9.17) is 14.2 Å². The molecule has 0 bridgehead atoms. The number of benzene rings is 1. The fourth-order valence-electron chi connectivity index (χ4n) is 4.52. The van der Waals surface area contributed by atoms with Gasteiger partial charge in [0.05, 0.1) is 19.6 Å². The van der Waals surface area contributed by atoms with Gasteiger partial charge in [-0.2, -0.15) is 0 Å². The van der Waals surface area contributed by atoms with E-state index < -0.39 is 0 Å². The highest BCUT2D eigenvalue weighted by Crippen LogP contribution is 2.32. The van der Waals surface area contributed by atoms with Gasteiger partial charge >= 0.3 is 0 Å². The molecule has 8 heteroatoms. The van der Waals surface area contributed by atoms with E-state index >= 15 is 0 Å². The van der Waals surface area contributed by atoms with Crippen molar-refractivity contribution in [1.82, 2.24) is 15.5 Å². The Morgan fingerprint density at radius 2 is 1.83 bits per heavy atom. The van der Waals surface area contributed by atoms with Crippen molar-refractivity contribution in [1.29, 1.82) is 0 Å². The van der Waals surface area contributed by atoms with Crippen molar-refractivity contribution in [3.8, 4) is 11.5 Å². The molecule has 2 aliphatic rings. The summed E-state index contributed by atoms with van der Waals surface area (Å²) in [5, 5.41) is 6.49. The maximum absolute atomic E-state index is 13.6. The highest BCUT2D eigenvalue weighted by molar-refractivity contribution is 5.80. The maximum atomic E-state index is 13.6. The fraction of sp³-hybridized carbons (Fsp3) is 0.704. The largest absolute Gasteiger partial charge is 0.497 e. The molecule has 1 aliphatic heterocycles. The summed E-state index contributed by atoms with van der Waals surface area (Å²) in [6.45, 7) is 9.23. The van der Waals surface area contributed by atoms with Crippen LogP contribution in [0.15, 0.2) is 18.2 Å². The van der Waals surface area contributed by atoms with E-state index in [-0.39, 0.29) is 35.2 Å². The van der Waals surface area contributed by atoms with Crippen molar-refractivity contribution in [2.24, 2.45) is 11.3 Å². The van der Waals surface area contributed by atoms with Gasteiger partial charge in [-0.15, -0.1) is 0 Å². The van der Waals surface area contributed by atoms with Gasteiger partial charge in [0.15, 0.2) is 0 Å². The minimum absolute atomic E-state index is 0.0301. The van der Waals surface area contributed by atoms with Gasteiger partial charge in [-0.25, -0.2) is 0 Å². The molecule has 3 rings (SSSR count). The third kappa shape index (κ3) is 9.00. The van der Waals surface area contributed by atoms with Crippen LogP contribution < -0.4 is 20.1 Å². The van der Waals surface area contributed by atoms with Crippen LogP contribution in [0.25, 0.3) is 0 Å². The third-order valence-electron chi connectivity index (χ3n) is 6.32. The Kier molecular flexibility index (Phi) is 9.80. The molecule has 2 atom stereocenters. The second kappa shape index (κ2) is 12.6. The molecule has 0 spiro atoms. The minimum atomic E-state index is -0.153. The van der Waals surface area contributed by atoms with Crippen LogP contribution in [-0.4, -0.2) is 69.3 Å². The number of methoxy groups -OCH3 is 2. The Bertz CT molecular complexity index is 850. The van der Waals surface area contributed by atoms with Crippen molar-refractivity contribution >= 4 is 11.8 Å². The van der Waals surface area contributed by atoms with Crippen molar-refractivity contribution in [2.45, 2.75) is 71.5 Å². The molecule has 2 amide bonds. The smallest absolute Gasteiger partial charge is 0.227 e. The molecule has 1 saturated heterocycles. The van der Waals surface area contributed by atoms with Crippen LogP contribution in [0.2, 0.25) is 0 Å². The summed E-state index contributed by atoms with van der Waals surface area (Å²) in [5.74, 6) is 1.50. The summed E-state index contributed by atoms with van der Waals surface area (Å²) in [6, 6.07) is 6.08. The summed E-state index contributed by atoms with van der Waals surface area (Å²) in [6.07, 6.45) is 4.00. The van der Waals surface area contributed by atoms with Gasteiger partial charge in [0, 0.05) is 64.3 Å². The third-order valence-corrected chi connectivity index (χ3v) is 6.32. The van der Waals surface area contributed by atoms with Crippen molar-refractivity contribution < 1.29 is 23.8 Å². The molecule has 1 aromatic rings. The lowest BCUT2D eigenvalue weighted by Crippen LogP contribution is -2.53. The SMILES string of the molecule is COCCCOc1cc(CN(C(=O)[C@@H]2CNC[C@@H](NC(=O)CC(C)(C)C)C2)C2CC2)cc(OC)c1. The number of piperidine rings is 1. The molecule has 2 fully saturated rings. The minimum Gasteiger partial charge on any atom is -0.497 e. The highest BCUT2D eigenvalue weighted by Gasteiger charge is 2.38. The Balaban J connectivity index is 1.64. The number of amides is 2.